The second-order valence-electron chi connectivity index (χ2n) is 4.45. The maximum atomic E-state index is 11.8. The molecule has 2 atom stereocenters. The number of carboxylic acids is 1. The van der Waals surface area contributed by atoms with Crippen LogP contribution >= 0.6 is 0 Å². The molecule has 1 amide bonds. The Bertz CT molecular complexity index is 324. The minimum absolute atomic E-state index is 0.776. The van der Waals surface area contributed by atoms with E-state index in [9.17, 15) is 22.8 Å². The maximum Gasteiger partial charge on any atom is 0.405 e. The van der Waals surface area contributed by atoms with Gasteiger partial charge >= 0.3 is 12.1 Å². The van der Waals surface area contributed by atoms with Gasteiger partial charge in [0, 0.05) is 0 Å². The molecule has 0 aliphatic heterocycles. The Morgan fingerprint density at radius 3 is 2.12 bits per heavy atom. The summed E-state index contributed by atoms with van der Waals surface area (Å²) in [6.07, 6.45) is -4.48. The number of halogens is 3. The van der Waals surface area contributed by atoms with E-state index in [1.807, 2.05) is 0 Å². The Hall–Kier alpha value is -1.27. The van der Waals surface area contributed by atoms with Gasteiger partial charge in [0.2, 0.25) is 5.91 Å². The average molecular weight is 239 g/mol. The molecular formula is C9H12F3NO3. The van der Waals surface area contributed by atoms with Crippen LogP contribution in [0.4, 0.5) is 13.2 Å². The third-order valence-electron chi connectivity index (χ3n) is 2.84. The predicted octanol–water partition coefficient (Wildman–Crippen LogP) is 1.02. The number of aliphatic carboxylic acids is 1. The first-order valence-corrected chi connectivity index (χ1v) is 4.64. The summed E-state index contributed by atoms with van der Waals surface area (Å²) in [4.78, 5) is 22.0. The van der Waals surface area contributed by atoms with E-state index in [0.717, 1.165) is 0 Å². The van der Waals surface area contributed by atoms with Gasteiger partial charge in [0.1, 0.15) is 6.54 Å². The lowest BCUT2D eigenvalue weighted by molar-refractivity contribution is -0.142. The molecule has 1 saturated carbocycles. The highest BCUT2D eigenvalue weighted by atomic mass is 19.4. The summed E-state index contributed by atoms with van der Waals surface area (Å²) in [7, 11) is 0. The van der Waals surface area contributed by atoms with Crippen molar-refractivity contribution in [1.29, 1.82) is 0 Å². The van der Waals surface area contributed by atoms with Crippen LogP contribution in [0.15, 0.2) is 0 Å². The fourth-order valence-corrected chi connectivity index (χ4v) is 1.89. The molecule has 0 aromatic rings. The fraction of sp³-hybridized carbons (Fsp3) is 0.778. The molecule has 1 aliphatic carbocycles. The van der Waals surface area contributed by atoms with Crippen LogP contribution in [0.3, 0.4) is 0 Å². The number of hydrogen-bond acceptors (Lipinski definition) is 2. The largest absolute Gasteiger partial charge is 0.481 e. The lowest BCUT2D eigenvalue weighted by atomic mass is 10.1. The van der Waals surface area contributed by atoms with E-state index >= 15 is 0 Å². The van der Waals surface area contributed by atoms with E-state index in [1.54, 1.807) is 19.2 Å². The molecule has 92 valence electrons. The molecule has 0 heterocycles. The van der Waals surface area contributed by atoms with Crippen molar-refractivity contribution in [3.8, 4) is 0 Å². The van der Waals surface area contributed by atoms with Crippen LogP contribution in [0.5, 0.6) is 0 Å². The molecule has 1 aliphatic rings. The van der Waals surface area contributed by atoms with Gasteiger partial charge in [0.15, 0.2) is 0 Å². The molecular weight excluding hydrogens is 227 g/mol. The van der Waals surface area contributed by atoms with Gasteiger partial charge in [-0.2, -0.15) is 13.2 Å². The molecule has 16 heavy (non-hydrogen) atoms. The summed E-state index contributed by atoms with van der Waals surface area (Å²) >= 11 is 0. The summed E-state index contributed by atoms with van der Waals surface area (Å²) < 4.78 is 35.5. The van der Waals surface area contributed by atoms with Gasteiger partial charge in [-0.05, 0) is 5.41 Å². The third kappa shape index (κ3) is 2.45. The van der Waals surface area contributed by atoms with Gasteiger partial charge in [-0.15, -0.1) is 0 Å². The number of alkyl halides is 3. The summed E-state index contributed by atoms with van der Waals surface area (Å²) in [5, 5.41) is 10.4. The first-order chi connectivity index (χ1) is 7.07. The van der Waals surface area contributed by atoms with Crippen molar-refractivity contribution in [2.24, 2.45) is 17.3 Å². The van der Waals surface area contributed by atoms with Crippen LogP contribution in [0.25, 0.3) is 0 Å². The van der Waals surface area contributed by atoms with Crippen LogP contribution in [-0.2, 0) is 9.59 Å². The molecule has 7 heteroatoms. The van der Waals surface area contributed by atoms with Crippen LogP contribution in [-0.4, -0.2) is 29.7 Å². The molecule has 0 bridgehead atoms. The van der Waals surface area contributed by atoms with E-state index in [4.69, 9.17) is 5.11 Å². The predicted molar refractivity (Wildman–Crippen MR) is 47.5 cm³/mol. The van der Waals surface area contributed by atoms with E-state index in [2.05, 4.69) is 0 Å². The standard InChI is InChI=1S/C9H12F3NO3/c1-8(2)4(5(8)7(15)16)6(14)13-3-9(10,11)12/h4-5H,3H2,1-2H3,(H,13,14)(H,15,16). The van der Waals surface area contributed by atoms with Gasteiger partial charge in [0.05, 0.1) is 11.8 Å². The number of rotatable bonds is 3. The van der Waals surface area contributed by atoms with Gasteiger partial charge in [0.25, 0.3) is 0 Å². The number of amides is 1. The molecule has 0 aromatic heterocycles. The Morgan fingerprint density at radius 2 is 1.81 bits per heavy atom. The zero-order chi connectivity index (χ0) is 12.7. The van der Waals surface area contributed by atoms with Crippen LogP contribution in [0.2, 0.25) is 0 Å². The topological polar surface area (TPSA) is 66.4 Å². The lowest BCUT2D eigenvalue weighted by Gasteiger charge is -2.08. The SMILES string of the molecule is CC1(C)C(C(=O)O)C1C(=O)NCC(F)(F)F. The highest BCUT2D eigenvalue weighted by Gasteiger charge is 2.65. The van der Waals surface area contributed by atoms with E-state index in [0.29, 0.717) is 0 Å². The molecule has 2 N–H and O–H groups in total. The molecule has 1 fully saturated rings. The van der Waals surface area contributed by atoms with E-state index < -0.39 is 41.8 Å². The number of carboxylic acid groups (broad SMARTS) is 1. The normalized spacial score (nSPS) is 27.3. The molecule has 0 saturated heterocycles. The average Bonchev–Trinajstić information content (AvgIpc) is 2.63. The number of hydrogen-bond donors (Lipinski definition) is 2. The Kier molecular flexibility index (Phi) is 2.91. The minimum Gasteiger partial charge on any atom is -0.481 e. The van der Waals surface area contributed by atoms with Crippen molar-refractivity contribution in [2.45, 2.75) is 20.0 Å². The van der Waals surface area contributed by atoms with Crippen molar-refractivity contribution >= 4 is 11.9 Å². The Balaban J connectivity index is 2.55. The van der Waals surface area contributed by atoms with Gasteiger partial charge in [-0.3, -0.25) is 9.59 Å². The fourth-order valence-electron chi connectivity index (χ4n) is 1.89. The maximum absolute atomic E-state index is 11.8. The lowest BCUT2D eigenvalue weighted by Crippen LogP contribution is -2.35. The summed E-state index contributed by atoms with van der Waals surface area (Å²) in [5.74, 6) is -3.79. The van der Waals surface area contributed by atoms with Crippen LogP contribution < -0.4 is 5.32 Å². The summed E-state index contributed by atoms with van der Waals surface area (Å²) in [6, 6.07) is 0. The van der Waals surface area contributed by atoms with Gasteiger partial charge in [-0.25, -0.2) is 0 Å². The molecule has 4 nitrogen and oxygen atoms in total. The van der Waals surface area contributed by atoms with E-state index in [-0.39, 0.29) is 0 Å². The minimum atomic E-state index is -4.48. The summed E-state index contributed by atoms with van der Waals surface area (Å²) in [6.45, 7) is 1.66. The summed E-state index contributed by atoms with van der Waals surface area (Å²) in [5.41, 5.74) is -0.776. The smallest absolute Gasteiger partial charge is 0.405 e. The second kappa shape index (κ2) is 3.64. The molecule has 0 aromatic carbocycles. The highest BCUT2D eigenvalue weighted by Crippen LogP contribution is 2.58. The third-order valence-corrected chi connectivity index (χ3v) is 2.84. The zero-order valence-electron chi connectivity index (χ0n) is 8.76. The van der Waals surface area contributed by atoms with Gasteiger partial charge < -0.3 is 10.4 Å². The quantitative estimate of drug-likeness (QED) is 0.772. The van der Waals surface area contributed by atoms with Crippen molar-refractivity contribution in [1.82, 2.24) is 5.32 Å². The molecule has 0 spiro atoms. The second-order valence-corrected chi connectivity index (χ2v) is 4.45. The number of nitrogens with one attached hydrogen (secondary N) is 1. The van der Waals surface area contributed by atoms with E-state index in [1.165, 1.54) is 0 Å². The first-order valence-electron chi connectivity index (χ1n) is 4.64. The monoisotopic (exact) mass is 239 g/mol. The molecule has 2 unspecified atom stereocenters. The van der Waals surface area contributed by atoms with Crippen molar-refractivity contribution in [3.63, 3.8) is 0 Å². The van der Waals surface area contributed by atoms with Crippen LogP contribution in [0, 0.1) is 17.3 Å². The molecule has 1 rings (SSSR count). The molecule has 0 radical (unpaired) electrons. The first kappa shape index (κ1) is 12.8. The van der Waals surface area contributed by atoms with Crippen molar-refractivity contribution in [3.05, 3.63) is 0 Å². The highest BCUT2D eigenvalue weighted by molar-refractivity contribution is 5.91. The van der Waals surface area contributed by atoms with Crippen LogP contribution in [0.1, 0.15) is 13.8 Å². The Morgan fingerprint density at radius 1 is 1.31 bits per heavy atom. The number of carbonyl (C=O) groups excluding carboxylic acids is 1. The van der Waals surface area contributed by atoms with Gasteiger partial charge in [-0.1, -0.05) is 13.8 Å². The Labute approximate surface area is 89.8 Å². The van der Waals surface area contributed by atoms with Crippen molar-refractivity contribution < 1.29 is 27.9 Å². The zero-order valence-corrected chi connectivity index (χ0v) is 8.76. The van der Waals surface area contributed by atoms with Crippen molar-refractivity contribution in [2.75, 3.05) is 6.54 Å². The number of carbonyl (C=O) groups is 2.